The molecule has 0 heterocycles. The quantitative estimate of drug-likeness (QED) is 0.593. The molecule has 2 rings (SSSR count). The third-order valence-corrected chi connectivity index (χ3v) is 4.32. The number of methoxy groups -OCH3 is 1. The van der Waals surface area contributed by atoms with Crippen LogP contribution in [0.1, 0.15) is 21.5 Å². The summed E-state index contributed by atoms with van der Waals surface area (Å²) in [6.45, 7) is 2.01. The van der Waals surface area contributed by atoms with Gasteiger partial charge < -0.3 is 4.74 Å². The molecular weight excluding hydrogens is 311 g/mol. The minimum absolute atomic E-state index is 0.0549. The third kappa shape index (κ3) is 3.99. The number of ether oxygens (including phenoxy) is 1. The molecule has 0 saturated carbocycles. The Morgan fingerprint density at radius 3 is 2.76 bits per heavy atom. The van der Waals surface area contributed by atoms with Crippen molar-refractivity contribution in [3.05, 3.63) is 63.9 Å². The van der Waals surface area contributed by atoms with Crippen LogP contribution in [0.25, 0.3) is 0 Å². The highest BCUT2D eigenvalue weighted by Crippen LogP contribution is 2.30. The second kappa shape index (κ2) is 6.96. The van der Waals surface area contributed by atoms with E-state index < -0.39 is 11.8 Å². The molecule has 0 radical (unpaired) electrons. The van der Waals surface area contributed by atoms with Gasteiger partial charge in [-0.05, 0) is 24.6 Å². The molecule has 2 nitrogen and oxygen atoms in total. The van der Waals surface area contributed by atoms with E-state index in [4.69, 9.17) is 11.6 Å². The van der Waals surface area contributed by atoms with Gasteiger partial charge in [0.2, 0.25) is 0 Å². The Labute approximate surface area is 132 Å². The molecule has 0 bridgehead atoms. The molecule has 0 aromatic heterocycles. The van der Waals surface area contributed by atoms with Crippen molar-refractivity contribution in [2.75, 3.05) is 7.11 Å². The highest BCUT2D eigenvalue weighted by molar-refractivity contribution is 7.98. The number of benzene rings is 2. The Kier molecular flexibility index (Phi) is 5.26. The summed E-state index contributed by atoms with van der Waals surface area (Å²) in [5.41, 5.74) is 2.42. The number of carbonyl (C=O) groups excluding carboxylic acids is 1. The van der Waals surface area contributed by atoms with Gasteiger partial charge in [-0.3, -0.25) is 0 Å². The summed E-state index contributed by atoms with van der Waals surface area (Å²) in [7, 11) is 1.27. The normalized spacial score (nSPS) is 10.5. The number of carbonyl (C=O) groups is 1. The van der Waals surface area contributed by atoms with Crippen LogP contribution >= 0.6 is 23.4 Å². The number of rotatable bonds is 4. The molecule has 110 valence electrons. The van der Waals surface area contributed by atoms with E-state index in [0.717, 1.165) is 17.2 Å². The predicted octanol–water partition coefficient (Wildman–Crippen LogP) is 4.87. The first-order chi connectivity index (χ1) is 10.0. The fraction of sp³-hybridized carbons (Fsp3) is 0.188. The molecule has 0 aliphatic heterocycles. The second-order valence-corrected chi connectivity index (χ2v) is 5.96. The van der Waals surface area contributed by atoms with Crippen molar-refractivity contribution >= 4 is 29.3 Å². The molecule has 0 saturated heterocycles. The van der Waals surface area contributed by atoms with E-state index in [9.17, 15) is 9.18 Å². The zero-order chi connectivity index (χ0) is 15.4. The summed E-state index contributed by atoms with van der Waals surface area (Å²) in [5, 5.41) is 0.0549. The monoisotopic (exact) mass is 324 g/mol. The van der Waals surface area contributed by atoms with Crippen LogP contribution in [0.2, 0.25) is 5.02 Å². The van der Waals surface area contributed by atoms with Crippen LogP contribution in [0.4, 0.5) is 4.39 Å². The Morgan fingerprint density at radius 2 is 2.10 bits per heavy atom. The smallest absolute Gasteiger partial charge is 0.339 e. The van der Waals surface area contributed by atoms with Crippen LogP contribution in [-0.4, -0.2) is 13.1 Å². The molecule has 0 aliphatic rings. The van der Waals surface area contributed by atoms with Crippen molar-refractivity contribution in [1.82, 2.24) is 0 Å². The highest BCUT2D eigenvalue weighted by atomic mass is 35.5. The van der Waals surface area contributed by atoms with Gasteiger partial charge in [0.1, 0.15) is 5.82 Å². The van der Waals surface area contributed by atoms with Gasteiger partial charge in [0.25, 0.3) is 0 Å². The first kappa shape index (κ1) is 15.9. The van der Waals surface area contributed by atoms with E-state index in [2.05, 4.69) is 4.74 Å². The van der Waals surface area contributed by atoms with E-state index in [1.807, 2.05) is 31.2 Å². The lowest BCUT2D eigenvalue weighted by atomic mass is 10.2. The molecule has 2 aromatic carbocycles. The summed E-state index contributed by atoms with van der Waals surface area (Å²) in [6, 6.07) is 10.6. The van der Waals surface area contributed by atoms with Gasteiger partial charge in [-0.2, -0.15) is 0 Å². The van der Waals surface area contributed by atoms with Crippen molar-refractivity contribution in [3.63, 3.8) is 0 Å². The first-order valence-electron chi connectivity index (χ1n) is 6.27. The average molecular weight is 325 g/mol. The molecule has 0 fully saturated rings. The van der Waals surface area contributed by atoms with Crippen molar-refractivity contribution < 1.29 is 13.9 Å². The van der Waals surface area contributed by atoms with Crippen molar-refractivity contribution in [3.8, 4) is 0 Å². The summed E-state index contributed by atoms with van der Waals surface area (Å²) >= 11 is 7.18. The largest absolute Gasteiger partial charge is 0.465 e. The standard InChI is InChI=1S/C16H14ClFO2S/c1-10-4-3-5-11(6-10)9-21-15-7-12(16(19)20-2)13(17)8-14(15)18/h3-8H,9H2,1-2H3. The zero-order valence-corrected chi connectivity index (χ0v) is 13.2. The van der Waals surface area contributed by atoms with Crippen LogP contribution in [-0.2, 0) is 10.5 Å². The highest BCUT2D eigenvalue weighted by Gasteiger charge is 2.15. The minimum atomic E-state index is -0.572. The van der Waals surface area contributed by atoms with Crippen LogP contribution in [0.15, 0.2) is 41.3 Å². The van der Waals surface area contributed by atoms with Gasteiger partial charge in [0, 0.05) is 10.6 Å². The van der Waals surface area contributed by atoms with Crippen LogP contribution in [0, 0.1) is 12.7 Å². The molecular formula is C16H14ClFO2S. The lowest BCUT2D eigenvalue weighted by molar-refractivity contribution is 0.0600. The van der Waals surface area contributed by atoms with Crippen molar-refractivity contribution in [2.45, 2.75) is 17.6 Å². The summed E-state index contributed by atoms with van der Waals surface area (Å²) in [6.07, 6.45) is 0. The molecule has 0 aliphatic carbocycles. The molecule has 0 amide bonds. The van der Waals surface area contributed by atoms with Gasteiger partial charge in [0.05, 0.1) is 17.7 Å². The lowest BCUT2D eigenvalue weighted by Gasteiger charge is -2.08. The van der Waals surface area contributed by atoms with Crippen molar-refractivity contribution in [1.29, 1.82) is 0 Å². The average Bonchev–Trinajstić information content (AvgIpc) is 2.45. The lowest BCUT2D eigenvalue weighted by Crippen LogP contribution is -2.03. The number of halogens is 2. The molecule has 5 heteroatoms. The van der Waals surface area contributed by atoms with Gasteiger partial charge in [-0.1, -0.05) is 41.4 Å². The predicted molar refractivity (Wildman–Crippen MR) is 83.5 cm³/mol. The third-order valence-electron chi connectivity index (χ3n) is 2.90. The van der Waals surface area contributed by atoms with Crippen molar-refractivity contribution in [2.24, 2.45) is 0 Å². The number of hydrogen-bond acceptors (Lipinski definition) is 3. The zero-order valence-electron chi connectivity index (χ0n) is 11.7. The minimum Gasteiger partial charge on any atom is -0.465 e. The molecule has 21 heavy (non-hydrogen) atoms. The fourth-order valence-electron chi connectivity index (χ4n) is 1.87. The number of esters is 1. The second-order valence-electron chi connectivity index (χ2n) is 4.53. The van der Waals surface area contributed by atoms with Gasteiger partial charge >= 0.3 is 5.97 Å². The summed E-state index contributed by atoms with van der Waals surface area (Å²) in [5.74, 6) is -0.399. The van der Waals surface area contributed by atoms with Gasteiger partial charge in [0.15, 0.2) is 0 Å². The van der Waals surface area contributed by atoms with Gasteiger partial charge in [-0.25, -0.2) is 9.18 Å². The molecule has 0 unspecified atom stereocenters. The van der Waals surface area contributed by atoms with E-state index >= 15 is 0 Å². The maximum Gasteiger partial charge on any atom is 0.339 e. The molecule has 0 N–H and O–H groups in total. The molecule has 0 atom stereocenters. The summed E-state index contributed by atoms with van der Waals surface area (Å²) in [4.78, 5) is 12.0. The van der Waals surface area contributed by atoms with E-state index in [1.54, 1.807) is 0 Å². The molecule has 0 spiro atoms. The Morgan fingerprint density at radius 1 is 1.33 bits per heavy atom. The fourth-order valence-corrected chi connectivity index (χ4v) is 3.00. The SMILES string of the molecule is COC(=O)c1cc(SCc2cccc(C)c2)c(F)cc1Cl. The maximum absolute atomic E-state index is 13.9. The van der Waals surface area contributed by atoms with Crippen LogP contribution < -0.4 is 0 Å². The Hall–Kier alpha value is -1.52. The van der Waals surface area contributed by atoms with Crippen LogP contribution in [0.5, 0.6) is 0 Å². The maximum atomic E-state index is 13.9. The van der Waals surface area contributed by atoms with E-state index in [-0.39, 0.29) is 10.6 Å². The Bertz CT molecular complexity index is 673. The van der Waals surface area contributed by atoms with Gasteiger partial charge in [-0.15, -0.1) is 11.8 Å². The molecule has 2 aromatic rings. The van der Waals surface area contributed by atoms with E-state index in [0.29, 0.717) is 10.6 Å². The Balaban J connectivity index is 2.21. The number of aryl methyl sites for hydroxylation is 1. The van der Waals surface area contributed by atoms with Crippen LogP contribution in [0.3, 0.4) is 0 Å². The topological polar surface area (TPSA) is 26.3 Å². The number of hydrogen-bond donors (Lipinski definition) is 0. The summed E-state index contributed by atoms with van der Waals surface area (Å²) < 4.78 is 18.6. The van der Waals surface area contributed by atoms with E-state index in [1.165, 1.54) is 24.9 Å². The first-order valence-corrected chi connectivity index (χ1v) is 7.63. The number of thioether (sulfide) groups is 1.